The lowest BCUT2D eigenvalue weighted by atomic mass is 10.1. The van der Waals surface area contributed by atoms with Gasteiger partial charge in [0.2, 0.25) is 0 Å². The van der Waals surface area contributed by atoms with Crippen molar-refractivity contribution in [3.8, 4) is 5.75 Å². The average Bonchev–Trinajstić information content (AvgIpc) is 2.33. The number of hydrogen-bond donors (Lipinski definition) is 1. The molecule has 100 valence electrons. The fourth-order valence-corrected chi connectivity index (χ4v) is 2.72. The molecule has 0 radical (unpaired) electrons. The van der Waals surface area contributed by atoms with Gasteiger partial charge in [-0.3, -0.25) is 4.90 Å². The smallest absolute Gasteiger partial charge is 0.138 e. The van der Waals surface area contributed by atoms with Crippen LogP contribution < -0.4 is 10.1 Å². The summed E-state index contributed by atoms with van der Waals surface area (Å²) in [5.41, 5.74) is 1.05. The van der Waals surface area contributed by atoms with E-state index in [4.69, 9.17) is 27.9 Å². The number of ether oxygens (including phenoxy) is 1. The zero-order chi connectivity index (χ0) is 13.1. The summed E-state index contributed by atoms with van der Waals surface area (Å²) in [5, 5.41) is 4.74. The van der Waals surface area contributed by atoms with Crippen LogP contribution in [-0.4, -0.2) is 37.7 Å². The molecule has 1 fully saturated rings. The summed E-state index contributed by atoms with van der Waals surface area (Å²) in [5.74, 6) is 0.624. The summed E-state index contributed by atoms with van der Waals surface area (Å²) in [6.45, 7) is 6.09. The SMILES string of the molecule is COc1cc(Cl)c(CN2CCN[C@H](C)C2)cc1Cl. The Morgan fingerprint density at radius 3 is 2.83 bits per heavy atom. The van der Waals surface area contributed by atoms with Crippen LogP contribution in [0.5, 0.6) is 5.75 Å². The molecule has 1 atom stereocenters. The highest BCUT2D eigenvalue weighted by molar-refractivity contribution is 6.34. The second kappa shape index (κ2) is 6.11. The largest absolute Gasteiger partial charge is 0.495 e. The average molecular weight is 289 g/mol. The molecule has 1 aliphatic heterocycles. The number of methoxy groups -OCH3 is 1. The Morgan fingerprint density at radius 2 is 2.17 bits per heavy atom. The van der Waals surface area contributed by atoms with Crippen molar-refractivity contribution in [2.45, 2.75) is 19.5 Å². The molecule has 0 aliphatic carbocycles. The number of nitrogens with zero attached hydrogens (tertiary/aromatic N) is 1. The topological polar surface area (TPSA) is 24.5 Å². The van der Waals surface area contributed by atoms with Gasteiger partial charge in [0.15, 0.2) is 0 Å². The molecule has 0 aromatic heterocycles. The van der Waals surface area contributed by atoms with Crippen molar-refractivity contribution >= 4 is 23.2 Å². The molecule has 3 nitrogen and oxygen atoms in total. The molecule has 2 rings (SSSR count). The fourth-order valence-electron chi connectivity index (χ4n) is 2.24. The summed E-state index contributed by atoms with van der Waals surface area (Å²) < 4.78 is 5.15. The van der Waals surface area contributed by atoms with Crippen molar-refractivity contribution in [1.82, 2.24) is 10.2 Å². The van der Waals surface area contributed by atoms with E-state index >= 15 is 0 Å². The van der Waals surface area contributed by atoms with E-state index in [2.05, 4.69) is 17.1 Å². The molecule has 0 unspecified atom stereocenters. The van der Waals surface area contributed by atoms with Crippen LogP contribution in [0.2, 0.25) is 10.0 Å². The zero-order valence-electron chi connectivity index (χ0n) is 10.7. The second-order valence-corrected chi connectivity index (χ2v) is 5.48. The molecule has 1 saturated heterocycles. The van der Waals surface area contributed by atoms with Gasteiger partial charge in [-0.05, 0) is 18.6 Å². The van der Waals surface area contributed by atoms with Crippen LogP contribution in [0.1, 0.15) is 12.5 Å². The van der Waals surface area contributed by atoms with Crippen LogP contribution in [0.25, 0.3) is 0 Å². The van der Waals surface area contributed by atoms with Crippen molar-refractivity contribution in [1.29, 1.82) is 0 Å². The van der Waals surface area contributed by atoms with E-state index in [0.717, 1.165) is 31.7 Å². The molecular formula is C13H18Cl2N2O. The first-order chi connectivity index (χ1) is 8.60. The van der Waals surface area contributed by atoms with Gasteiger partial charge >= 0.3 is 0 Å². The van der Waals surface area contributed by atoms with Gasteiger partial charge in [-0.2, -0.15) is 0 Å². The van der Waals surface area contributed by atoms with Crippen LogP contribution >= 0.6 is 23.2 Å². The van der Waals surface area contributed by atoms with Gasteiger partial charge in [-0.15, -0.1) is 0 Å². The highest BCUT2D eigenvalue weighted by Crippen LogP contribution is 2.31. The number of rotatable bonds is 3. The lowest BCUT2D eigenvalue weighted by Gasteiger charge is -2.32. The normalized spacial score (nSPS) is 21.0. The summed E-state index contributed by atoms with van der Waals surface area (Å²) in [6, 6.07) is 4.20. The van der Waals surface area contributed by atoms with Gasteiger partial charge in [0.25, 0.3) is 0 Å². The third-order valence-electron chi connectivity index (χ3n) is 3.17. The van der Waals surface area contributed by atoms with E-state index < -0.39 is 0 Å². The molecule has 18 heavy (non-hydrogen) atoms. The minimum Gasteiger partial charge on any atom is -0.495 e. The fraction of sp³-hybridized carbons (Fsp3) is 0.538. The summed E-state index contributed by atoms with van der Waals surface area (Å²) in [7, 11) is 1.59. The van der Waals surface area contributed by atoms with Gasteiger partial charge in [0, 0.05) is 43.3 Å². The Bertz CT molecular complexity index is 426. The quantitative estimate of drug-likeness (QED) is 0.926. The van der Waals surface area contributed by atoms with Crippen LogP contribution in [0.4, 0.5) is 0 Å². The van der Waals surface area contributed by atoms with Crippen LogP contribution in [0.15, 0.2) is 12.1 Å². The zero-order valence-corrected chi connectivity index (χ0v) is 12.2. The van der Waals surface area contributed by atoms with Crippen molar-refractivity contribution < 1.29 is 4.74 Å². The molecule has 0 bridgehead atoms. The molecule has 1 aliphatic rings. The maximum absolute atomic E-state index is 6.25. The number of halogens is 2. The van der Waals surface area contributed by atoms with Gasteiger partial charge in [-0.1, -0.05) is 23.2 Å². The Balaban J connectivity index is 2.11. The molecule has 0 saturated carbocycles. The number of piperazine rings is 1. The molecule has 0 amide bonds. The lowest BCUT2D eigenvalue weighted by molar-refractivity contribution is 0.199. The van der Waals surface area contributed by atoms with Crippen molar-refractivity contribution in [3.05, 3.63) is 27.7 Å². The Hall–Kier alpha value is -0.480. The number of benzene rings is 1. The maximum atomic E-state index is 6.25. The van der Waals surface area contributed by atoms with Gasteiger partial charge in [-0.25, -0.2) is 0 Å². The minimum atomic E-state index is 0.520. The Kier molecular flexibility index (Phi) is 4.73. The van der Waals surface area contributed by atoms with E-state index in [1.54, 1.807) is 13.2 Å². The van der Waals surface area contributed by atoms with Crippen LogP contribution in [-0.2, 0) is 6.54 Å². The summed E-state index contributed by atoms with van der Waals surface area (Å²) in [4.78, 5) is 2.38. The van der Waals surface area contributed by atoms with E-state index in [1.165, 1.54) is 0 Å². The first kappa shape index (κ1) is 13.9. The third-order valence-corrected chi connectivity index (χ3v) is 3.81. The maximum Gasteiger partial charge on any atom is 0.138 e. The molecule has 5 heteroatoms. The predicted molar refractivity (Wildman–Crippen MR) is 75.8 cm³/mol. The van der Waals surface area contributed by atoms with E-state index in [1.807, 2.05) is 6.07 Å². The first-order valence-electron chi connectivity index (χ1n) is 6.08. The molecule has 1 heterocycles. The molecule has 0 spiro atoms. The van der Waals surface area contributed by atoms with Gasteiger partial charge in [0.05, 0.1) is 12.1 Å². The minimum absolute atomic E-state index is 0.520. The number of nitrogens with one attached hydrogen (secondary N) is 1. The molecular weight excluding hydrogens is 271 g/mol. The molecule has 1 N–H and O–H groups in total. The summed E-state index contributed by atoms with van der Waals surface area (Å²) >= 11 is 12.4. The highest BCUT2D eigenvalue weighted by atomic mass is 35.5. The predicted octanol–water partition coefficient (Wildman–Crippen LogP) is 2.80. The van der Waals surface area contributed by atoms with E-state index in [-0.39, 0.29) is 0 Å². The van der Waals surface area contributed by atoms with E-state index in [0.29, 0.717) is 21.8 Å². The van der Waals surface area contributed by atoms with Crippen molar-refractivity contribution in [2.75, 3.05) is 26.7 Å². The van der Waals surface area contributed by atoms with E-state index in [9.17, 15) is 0 Å². The highest BCUT2D eigenvalue weighted by Gasteiger charge is 2.17. The Morgan fingerprint density at radius 1 is 1.39 bits per heavy atom. The first-order valence-corrected chi connectivity index (χ1v) is 6.83. The molecule has 1 aromatic carbocycles. The number of hydrogen-bond acceptors (Lipinski definition) is 3. The summed E-state index contributed by atoms with van der Waals surface area (Å²) in [6.07, 6.45) is 0. The monoisotopic (exact) mass is 288 g/mol. The van der Waals surface area contributed by atoms with Crippen LogP contribution in [0.3, 0.4) is 0 Å². The van der Waals surface area contributed by atoms with Crippen molar-refractivity contribution in [2.24, 2.45) is 0 Å². The molecule has 1 aromatic rings. The van der Waals surface area contributed by atoms with Crippen LogP contribution in [0, 0.1) is 0 Å². The standard InChI is InChI=1S/C13H18Cl2N2O/c1-9-7-17(4-3-16-9)8-10-5-12(15)13(18-2)6-11(10)14/h5-6,9,16H,3-4,7-8H2,1-2H3/t9-/m1/s1. The van der Waals surface area contributed by atoms with Gasteiger partial charge in [0.1, 0.15) is 5.75 Å². The second-order valence-electron chi connectivity index (χ2n) is 4.67. The third kappa shape index (κ3) is 3.29. The lowest BCUT2D eigenvalue weighted by Crippen LogP contribution is -2.48. The van der Waals surface area contributed by atoms with Gasteiger partial charge < -0.3 is 10.1 Å². The van der Waals surface area contributed by atoms with Crippen molar-refractivity contribution in [3.63, 3.8) is 0 Å². The Labute approximate surface area is 118 Å².